The fourth-order valence-corrected chi connectivity index (χ4v) is 5.66. The van der Waals surface area contributed by atoms with Crippen molar-refractivity contribution in [1.29, 1.82) is 0 Å². The summed E-state index contributed by atoms with van der Waals surface area (Å²) in [5.41, 5.74) is 0. The van der Waals surface area contributed by atoms with Gasteiger partial charge in [-0.25, -0.2) is 0 Å². The molecule has 1 saturated carbocycles. The van der Waals surface area contributed by atoms with E-state index in [-0.39, 0.29) is 0 Å². The van der Waals surface area contributed by atoms with Crippen LogP contribution in [0.25, 0.3) is 0 Å². The number of hydrogen-bond acceptors (Lipinski definition) is 0. The Morgan fingerprint density at radius 2 is 0.714 bits per heavy atom. The molecule has 0 aliphatic heterocycles. The summed E-state index contributed by atoms with van der Waals surface area (Å²) in [4.78, 5) is 0. The van der Waals surface area contributed by atoms with Crippen LogP contribution in [0.4, 0.5) is 0 Å². The summed E-state index contributed by atoms with van der Waals surface area (Å²) in [6.07, 6.45) is 1.46. The third-order valence-corrected chi connectivity index (χ3v) is 6.44. The van der Waals surface area contributed by atoms with Gasteiger partial charge in [-0.15, -0.1) is 0 Å². The van der Waals surface area contributed by atoms with Crippen molar-refractivity contribution in [2.24, 2.45) is 59.2 Å². The van der Waals surface area contributed by atoms with Crippen molar-refractivity contribution in [3.63, 3.8) is 0 Å². The zero-order valence-electron chi connectivity index (χ0n) is 16.5. The van der Waals surface area contributed by atoms with Gasteiger partial charge in [0.1, 0.15) is 0 Å². The zero-order valence-corrected chi connectivity index (χ0v) is 16.5. The summed E-state index contributed by atoms with van der Waals surface area (Å²) in [6, 6.07) is 0. The SMILES string of the molecule is CC(C)C1CC(C(C)C)C(C(C)C)C(C(C)C)C1C(C)C. The first-order valence-corrected chi connectivity index (χ1v) is 9.59. The highest BCUT2D eigenvalue weighted by Crippen LogP contribution is 2.54. The maximum Gasteiger partial charge on any atom is -0.0324 e. The van der Waals surface area contributed by atoms with Gasteiger partial charge >= 0.3 is 0 Å². The van der Waals surface area contributed by atoms with E-state index in [0.29, 0.717) is 0 Å². The summed E-state index contributed by atoms with van der Waals surface area (Å²) >= 11 is 0. The van der Waals surface area contributed by atoms with Crippen LogP contribution in [0.2, 0.25) is 0 Å². The predicted molar refractivity (Wildman–Crippen MR) is 96.3 cm³/mol. The Morgan fingerprint density at radius 3 is 0.905 bits per heavy atom. The first-order valence-electron chi connectivity index (χ1n) is 9.59. The minimum absolute atomic E-state index is 0.813. The van der Waals surface area contributed by atoms with Gasteiger partial charge in [0.2, 0.25) is 0 Å². The van der Waals surface area contributed by atoms with E-state index in [9.17, 15) is 0 Å². The first kappa shape index (κ1) is 19.0. The van der Waals surface area contributed by atoms with Gasteiger partial charge in [0.25, 0.3) is 0 Å². The molecule has 0 N–H and O–H groups in total. The van der Waals surface area contributed by atoms with E-state index < -0.39 is 0 Å². The van der Waals surface area contributed by atoms with E-state index in [1.807, 2.05) is 0 Å². The molecular formula is C21H42. The number of rotatable bonds is 5. The monoisotopic (exact) mass is 294 g/mol. The lowest BCUT2D eigenvalue weighted by molar-refractivity contribution is -0.0653. The molecule has 1 aliphatic rings. The largest absolute Gasteiger partial charge is 0.0625 e. The molecule has 21 heavy (non-hydrogen) atoms. The molecule has 0 bridgehead atoms. The van der Waals surface area contributed by atoms with Gasteiger partial charge in [-0.2, -0.15) is 0 Å². The highest BCUT2D eigenvalue weighted by molar-refractivity contribution is 4.96. The predicted octanol–water partition coefficient (Wildman–Crippen LogP) is 6.75. The Morgan fingerprint density at radius 1 is 0.429 bits per heavy atom. The normalized spacial score (nSPS) is 34.7. The van der Waals surface area contributed by atoms with Crippen molar-refractivity contribution in [1.82, 2.24) is 0 Å². The standard InChI is InChI=1S/C21H42/c1-12(2)17-11-18(13(3)4)20(15(7)8)21(16(9)10)19(17)14(5)6/h12-21H,11H2,1-10H3. The van der Waals surface area contributed by atoms with Crippen molar-refractivity contribution in [3.8, 4) is 0 Å². The molecule has 1 aliphatic carbocycles. The molecule has 1 fully saturated rings. The summed E-state index contributed by atoms with van der Waals surface area (Å²) in [6.45, 7) is 24.7. The summed E-state index contributed by atoms with van der Waals surface area (Å²) in [7, 11) is 0. The maximum absolute atomic E-state index is 2.48. The van der Waals surface area contributed by atoms with Crippen molar-refractivity contribution in [3.05, 3.63) is 0 Å². The highest BCUT2D eigenvalue weighted by Gasteiger charge is 2.48. The Hall–Kier alpha value is 0. The van der Waals surface area contributed by atoms with Crippen LogP contribution in [0.15, 0.2) is 0 Å². The van der Waals surface area contributed by atoms with E-state index in [1.165, 1.54) is 6.42 Å². The summed E-state index contributed by atoms with van der Waals surface area (Å²) in [5.74, 6) is 8.66. The van der Waals surface area contributed by atoms with Gasteiger partial charge in [-0.1, -0.05) is 69.2 Å². The lowest BCUT2D eigenvalue weighted by atomic mass is 9.50. The third-order valence-electron chi connectivity index (χ3n) is 6.44. The van der Waals surface area contributed by atoms with E-state index in [0.717, 1.165) is 59.2 Å². The van der Waals surface area contributed by atoms with Gasteiger partial charge in [-0.05, 0) is 65.6 Å². The van der Waals surface area contributed by atoms with Gasteiger partial charge in [0.05, 0.1) is 0 Å². The number of hydrogen-bond donors (Lipinski definition) is 0. The molecule has 1 rings (SSSR count). The smallest absolute Gasteiger partial charge is 0.0324 e. The molecule has 0 aromatic heterocycles. The molecular weight excluding hydrogens is 252 g/mol. The topological polar surface area (TPSA) is 0 Å². The van der Waals surface area contributed by atoms with Gasteiger partial charge in [-0.3, -0.25) is 0 Å². The van der Waals surface area contributed by atoms with Gasteiger partial charge < -0.3 is 0 Å². The molecule has 0 radical (unpaired) electrons. The average molecular weight is 295 g/mol. The lowest BCUT2D eigenvalue weighted by Gasteiger charge is -2.55. The van der Waals surface area contributed by atoms with E-state index in [4.69, 9.17) is 0 Å². The van der Waals surface area contributed by atoms with Crippen LogP contribution in [-0.4, -0.2) is 0 Å². The highest BCUT2D eigenvalue weighted by atomic mass is 14.5. The van der Waals surface area contributed by atoms with Crippen molar-refractivity contribution >= 4 is 0 Å². The average Bonchev–Trinajstić information content (AvgIpc) is 2.34. The fourth-order valence-electron chi connectivity index (χ4n) is 5.66. The molecule has 0 aromatic carbocycles. The second kappa shape index (κ2) is 7.51. The van der Waals surface area contributed by atoms with Crippen molar-refractivity contribution < 1.29 is 0 Å². The van der Waals surface area contributed by atoms with Crippen molar-refractivity contribution in [2.75, 3.05) is 0 Å². The van der Waals surface area contributed by atoms with Crippen molar-refractivity contribution in [2.45, 2.75) is 75.7 Å². The Labute approximate surface area is 135 Å². The first-order chi connectivity index (χ1) is 9.59. The van der Waals surface area contributed by atoms with Crippen LogP contribution < -0.4 is 0 Å². The minimum Gasteiger partial charge on any atom is -0.0625 e. The Bertz CT molecular complexity index is 271. The fraction of sp³-hybridized carbons (Fsp3) is 1.00. The maximum atomic E-state index is 2.48. The molecule has 0 heterocycles. The molecule has 0 saturated heterocycles. The molecule has 4 atom stereocenters. The van der Waals surface area contributed by atoms with Crippen LogP contribution in [0.5, 0.6) is 0 Å². The van der Waals surface area contributed by atoms with Crippen LogP contribution >= 0.6 is 0 Å². The summed E-state index contributed by atoms with van der Waals surface area (Å²) < 4.78 is 0. The Balaban J connectivity index is 3.28. The third kappa shape index (κ3) is 4.05. The van der Waals surface area contributed by atoms with E-state index in [2.05, 4.69) is 69.2 Å². The van der Waals surface area contributed by atoms with Crippen LogP contribution in [0.1, 0.15) is 75.7 Å². The van der Waals surface area contributed by atoms with Crippen LogP contribution in [-0.2, 0) is 0 Å². The lowest BCUT2D eigenvalue weighted by Crippen LogP contribution is -2.49. The van der Waals surface area contributed by atoms with Gasteiger partial charge in [0.15, 0.2) is 0 Å². The molecule has 0 amide bonds. The second-order valence-electron chi connectivity index (χ2n) is 9.52. The zero-order chi connectivity index (χ0) is 16.5. The molecule has 0 aromatic rings. The molecule has 126 valence electrons. The van der Waals surface area contributed by atoms with Gasteiger partial charge in [0, 0.05) is 0 Å². The Kier molecular flexibility index (Phi) is 6.81. The molecule has 0 spiro atoms. The summed E-state index contributed by atoms with van der Waals surface area (Å²) in [5, 5.41) is 0. The van der Waals surface area contributed by atoms with E-state index >= 15 is 0 Å². The second-order valence-corrected chi connectivity index (χ2v) is 9.52. The minimum atomic E-state index is 0.813. The molecule has 0 heteroatoms. The molecule has 0 nitrogen and oxygen atoms in total. The van der Waals surface area contributed by atoms with Crippen LogP contribution in [0, 0.1) is 59.2 Å². The van der Waals surface area contributed by atoms with E-state index in [1.54, 1.807) is 0 Å². The molecule has 4 unspecified atom stereocenters. The quantitative estimate of drug-likeness (QED) is 0.526. The van der Waals surface area contributed by atoms with Crippen LogP contribution in [0.3, 0.4) is 0 Å².